The van der Waals surface area contributed by atoms with Gasteiger partial charge in [0, 0.05) is 28.4 Å². The van der Waals surface area contributed by atoms with E-state index in [0.29, 0.717) is 17.8 Å². The number of unbranched alkanes of at least 4 members (excludes halogenated alkanes) is 1. The third-order valence-corrected chi connectivity index (χ3v) is 6.85. The van der Waals surface area contributed by atoms with Gasteiger partial charge in [0.25, 0.3) is 5.91 Å². The normalized spacial score (nSPS) is 13.5. The number of amides is 3. The van der Waals surface area contributed by atoms with E-state index in [1.807, 2.05) is 48.5 Å². The number of hydrazone groups is 1. The van der Waals surface area contributed by atoms with E-state index < -0.39 is 12.0 Å². The molecule has 0 atom stereocenters. The Morgan fingerprint density at radius 3 is 2.49 bits per heavy atom. The van der Waals surface area contributed by atoms with Crippen LogP contribution >= 0.6 is 11.8 Å². The summed E-state index contributed by atoms with van der Waals surface area (Å²) < 4.78 is 0. The van der Waals surface area contributed by atoms with Crippen LogP contribution < -0.4 is 15.6 Å². The van der Waals surface area contributed by atoms with Crippen molar-refractivity contribution in [3.8, 4) is 0 Å². The Morgan fingerprint density at radius 2 is 1.78 bits per heavy atom. The lowest BCUT2D eigenvalue weighted by Crippen LogP contribution is -2.33. The molecule has 190 valence electrons. The highest BCUT2D eigenvalue weighted by Gasteiger charge is 2.34. The van der Waals surface area contributed by atoms with Crippen LogP contribution in [0.25, 0.3) is 0 Å². The molecule has 0 bridgehead atoms. The molecule has 4 rings (SSSR count). The lowest BCUT2D eigenvalue weighted by molar-refractivity contribution is -0.112. The number of hydrogen-bond donors (Lipinski definition) is 3. The molecule has 0 saturated carbocycles. The van der Waals surface area contributed by atoms with Gasteiger partial charge in [-0.05, 0) is 60.9 Å². The van der Waals surface area contributed by atoms with E-state index in [1.54, 1.807) is 40.9 Å². The number of fused-ring (bicyclic) bond motifs is 1. The van der Waals surface area contributed by atoms with Gasteiger partial charge in [0.15, 0.2) is 5.71 Å². The molecule has 0 saturated heterocycles. The van der Waals surface area contributed by atoms with Crippen LogP contribution in [0.5, 0.6) is 0 Å². The Hall–Kier alpha value is -4.11. The van der Waals surface area contributed by atoms with Gasteiger partial charge >= 0.3 is 12.0 Å². The fourth-order valence-electron chi connectivity index (χ4n) is 3.92. The molecule has 1 aliphatic heterocycles. The molecule has 0 radical (unpaired) electrons. The minimum absolute atomic E-state index is 0.209. The Morgan fingerprint density at radius 1 is 1.03 bits per heavy atom. The maximum atomic E-state index is 13.2. The summed E-state index contributed by atoms with van der Waals surface area (Å²) >= 11 is 1.64. The highest BCUT2D eigenvalue weighted by Crippen LogP contribution is 2.33. The van der Waals surface area contributed by atoms with Crippen molar-refractivity contribution >= 4 is 46.8 Å². The van der Waals surface area contributed by atoms with Crippen molar-refractivity contribution in [2.45, 2.75) is 31.1 Å². The van der Waals surface area contributed by atoms with Crippen molar-refractivity contribution in [2.75, 3.05) is 22.5 Å². The van der Waals surface area contributed by atoms with Crippen molar-refractivity contribution in [2.24, 2.45) is 5.10 Å². The molecule has 0 unspecified atom stereocenters. The number of nitrogens with zero attached hydrogens (tertiary/aromatic N) is 2. The lowest BCUT2D eigenvalue weighted by atomic mass is 10.1. The lowest BCUT2D eigenvalue weighted by Gasteiger charge is -2.16. The third-order valence-electron chi connectivity index (χ3n) is 5.86. The second kappa shape index (κ2) is 12.2. The van der Waals surface area contributed by atoms with Gasteiger partial charge in [-0.15, -0.1) is 11.8 Å². The molecule has 0 aromatic heterocycles. The second-order valence-electron chi connectivity index (χ2n) is 8.48. The quantitative estimate of drug-likeness (QED) is 0.247. The molecule has 1 aliphatic rings. The molecule has 3 aromatic rings. The van der Waals surface area contributed by atoms with Crippen LogP contribution in [0.4, 0.5) is 16.2 Å². The number of nitrogens with one attached hydrogen (secondary N) is 2. The number of carboxylic acid groups (broad SMARTS) is 1. The highest BCUT2D eigenvalue weighted by atomic mass is 32.2. The number of para-hydroxylation sites is 1. The number of aromatic carboxylic acids is 1. The zero-order chi connectivity index (χ0) is 26.2. The first kappa shape index (κ1) is 26.0. The van der Waals surface area contributed by atoms with E-state index >= 15 is 0 Å². The van der Waals surface area contributed by atoms with Crippen LogP contribution in [-0.4, -0.2) is 41.0 Å². The fraction of sp³-hybridized carbons (Fsp3) is 0.214. The number of carboxylic acids is 1. The summed E-state index contributed by atoms with van der Waals surface area (Å²) in [6.07, 6.45) is 2.58. The minimum atomic E-state index is -0.939. The van der Waals surface area contributed by atoms with Crippen LogP contribution in [0, 0.1) is 0 Å². The molecular formula is C28H28N4O4S. The molecule has 0 aliphatic carbocycles. The van der Waals surface area contributed by atoms with Gasteiger partial charge in [0.1, 0.15) is 0 Å². The SMILES string of the molecule is CCCCN1C(=O)/C(=N/NC(=O)Nc2ccccc2)c2cc(SCCc3ccc(C(=O)O)cc3)ccc21. The molecule has 3 N–H and O–H groups in total. The minimum Gasteiger partial charge on any atom is -0.478 e. The maximum absolute atomic E-state index is 13.2. The van der Waals surface area contributed by atoms with Crippen molar-refractivity contribution in [3.05, 3.63) is 89.5 Å². The number of carbonyl (C=O) groups excluding carboxylic acids is 2. The van der Waals surface area contributed by atoms with E-state index in [-0.39, 0.29) is 17.2 Å². The number of rotatable bonds is 10. The van der Waals surface area contributed by atoms with Gasteiger partial charge in [-0.2, -0.15) is 5.10 Å². The van der Waals surface area contributed by atoms with Gasteiger partial charge in [0.2, 0.25) is 0 Å². The first-order valence-corrected chi connectivity index (χ1v) is 13.1. The summed E-state index contributed by atoms with van der Waals surface area (Å²) in [6, 6.07) is 21.2. The van der Waals surface area contributed by atoms with Crippen molar-refractivity contribution in [1.82, 2.24) is 5.43 Å². The Balaban J connectivity index is 1.47. The van der Waals surface area contributed by atoms with E-state index in [2.05, 4.69) is 22.8 Å². The van der Waals surface area contributed by atoms with Crippen molar-refractivity contribution in [1.29, 1.82) is 0 Å². The number of aryl methyl sites for hydroxylation is 1. The summed E-state index contributed by atoms with van der Waals surface area (Å²) in [6.45, 7) is 2.65. The predicted molar refractivity (Wildman–Crippen MR) is 147 cm³/mol. The standard InChI is InChI=1S/C28H28N4O4S/c1-2-3-16-32-24-14-13-22(37-17-15-19-9-11-20(12-10-19)27(34)35)18-23(24)25(26(32)33)30-31-28(36)29-21-7-5-4-6-8-21/h4-14,18H,2-3,15-17H2,1H3,(H,34,35)(H2,29,31,36)/b30-25+. The average molecular weight is 517 g/mol. The molecule has 8 nitrogen and oxygen atoms in total. The van der Waals surface area contributed by atoms with Crippen LogP contribution in [0.1, 0.15) is 41.3 Å². The van der Waals surface area contributed by atoms with Crippen LogP contribution in [0.15, 0.2) is 82.8 Å². The zero-order valence-electron chi connectivity index (χ0n) is 20.4. The topological polar surface area (TPSA) is 111 Å². The summed E-state index contributed by atoms with van der Waals surface area (Å²) in [5.41, 5.74) is 6.09. The summed E-state index contributed by atoms with van der Waals surface area (Å²) in [7, 11) is 0. The van der Waals surface area contributed by atoms with Gasteiger partial charge in [-0.1, -0.05) is 43.7 Å². The van der Waals surface area contributed by atoms with Crippen LogP contribution in [0.2, 0.25) is 0 Å². The van der Waals surface area contributed by atoms with Gasteiger partial charge in [0.05, 0.1) is 11.3 Å². The molecule has 0 spiro atoms. The number of hydrogen-bond acceptors (Lipinski definition) is 5. The van der Waals surface area contributed by atoms with Gasteiger partial charge in [-0.3, -0.25) is 4.79 Å². The smallest absolute Gasteiger partial charge is 0.339 e. The predicted octanol–water partition coefficient (Wildman–Crippen LogP) is 5.39. The molecule has 37 heavy (non-hydrogen) atoms. The number of thioether (sulfide) groups is 1. The fourth-order valence-corrected chi connectivity index (χ4v) is 4.86. The van der Waals surface area contributed by atoms with E-state index in [9.17, 15) is 14.4 Å². The maximum Gasteiger partial charge on any atom is 0.339 e. The van der Waals surface area contributed by atoms with Crippen LogP contribution in [0.3, 0.4) is 0 Å². The molecule has 0 fully saturated rings. The van der Waals surface area contributed by atoms with Gasteiger partial charge in [-0.25, -0.2) is 15.0 Å². The monoisotopic (exact) mass is 516 g/mol. The van der Waals surface area contributed by atoms with Crippen LogP contribution in [-0.2, 0) is 11.2 Å². The molecule has 1 heterocycles. The number of urea groups is 1. The van der Waals surface area contributed by atoms with Crippen molar-refractivity contribution < 1.29 is 19.5 Å². The average Bonchev–Trinajstić information content (AvgIpc) is 3.16. The molecule has 3 aromatic carbocycles. The van der Waals surface area contributed by atoms with Gasteiger partial charge < -0.3 is 15.3 Å². The molecular weight excluding hydrogens is 488 g/mol. The zero-order valence-corrected chi connectivity index (χ0v) is 21.3. The Labute approximate surface area is 219 Å². The van der Waals surface area contributed by atoms with E-state index in [1.165, 1.54) is 0 Å². The summed E-state index contributed by atoms with van der Waals surface area (Å²) in [5.74, 6) is -0.390. The number of anilines is 2. The summed E-state index contributed by atoms with van der Waals surface area (Å²) in [4.78, 5) is 39.3. The first-order valence-electron chi connectivity index (χ1n) is 12.1. The Kier molecular flexibility index (Phi) is 8.58. The summed E-state index contributed by atoms with van der Waals surface area (Å²) in [5, 5.41) is 15.9. The number of carbonyl (C=O) groups is 3. The van der Waals surface area contributed by atoms with E-state index in [4.69, 9.17) is 5.11 Å². The third kappa shape index (κ3) is 6.56. The highest BCUT2D eigenvalue weighted by molar-refractivity contribution is 7.99. The first-order chi connectivity index (χ1) is 18.0. The second-order valence-corrected chi connectivity index (χ2v) is 9.65. The van der Waals surface area contributed by atoms with E-state index in [0.717, 1.165) is 41.2 Å². The number of benzene rings is 3. The molecule has 9 heteroatoms. The van der Waals surface area contributed by atoms with Crippen molar-refractivity contribution in [3.63, 3.8) is 0 Å². The molecule has 3 amide bonds. The largest absolute Gasteiger partial charge is 0.478 e. The Bertz CT molecular complexity index is 1310.